The molecule has 3 N–H and O–H groups in total. The average molecular weight is 229 g/mol. The minimum absolute atomic E-state index is 0.0553. The first-order valence-corrected chi connectivity index (χ1v) is 6.29. The number of hydrogen-bond donors (Lipinski definition) is 2. The lowest BCUT2D eigenvalue weighted by atomic mass is 9.75. The van der Waals surface area contributed by atoms with Gasteiger partial charge in [0.2, 0.25) is 0 Å². The van der Waals surface area contributed by atoms with Crippen LogP contribution in [-0.4, -0.2) is 43.2 Å². The van der Waals surface area contributed by atoms with Crippen LogP contribution in [0.25, 0.3) is 0 Å². The summed E-state index contributed by atoms with van der Waals surface area (Å²) in [4.78, 5) is 0. The zero-order chi connectivity index (χ0) is 11.6. The van der Waals surface area contributed by atoms with Crippen LogP contribution >= 0.6 is 0 Å². The Labute approximate surface area is 97.1 Å². The number of aliphatic hydroxyl groups excluding tert-OH is 1. The molecule has 0 radical (unpaired) electrons. The maximum absolute atomic E-state index is 10.5. The van der Waals surface area contributed by atoms with Gasteiger partial charge in [0.15, 0.2) is 0 Å². The van der Waals surface area contributed by atoms with Crippen LogP contribution in [0.2, 0.25) is 0 Å². The van der Waals surface area contributed by atoms with E-state index in [-0.39, 0.29) is 17.6 Å². The van der Waals surface area contributed by atoms with E-state index in [1.807, 2.05) is 0 Å². The molecule has 0 aromatic carbocycles. The van der Waals surface area contributed by atoms with E-state index >= 15 is 0 Å². The monoisotopic (exact) mass is 229 g/mol. The maximum Gasteiger partial charge on any atom is 0.0892 e. The highest BCUT2D eigenvalue weighted by atomic mass is 16.5. The molecule has 2 saturated heterocycles. The zero-order valence-electron chi connectivity index (χ0n) is 10.0. The summed E-state index contributed by atoms with van der Waals surface area (Å²) >= 11 is 0. The number of aliphatic hydroxyl groups is 1. The lowest BCUT2D eigenvalue weighted by Gasteiger charge is -2.41. The molecule has 0 bridgehead atoms. The molecule has 0 aromatic rings. The van der Waals surface area contributed by atoms with Gasteiger partial charge in [-0.2, -0.15) is 0 Å². The first kappa shape index (κ1) is 12.3. The fourth-order valence-corrected chi connectivity index (χ4v) is 2.85. The molecule has 0 aromatic heterocycles. The molecule has 94 valence electrons. The highest BCUT2D eigenvalue weighted by Crippen LogP contribution is 2.37. The first-order valence-electron chi connectivity index (χ1n) is 6.29. The van der Waals surface area contributed by atoms with Crippen LogP contribution in [0.3, 0.4) is 0 Å². The van der Waals surface area contributed by atoms with Crippen LogP contribution in [0.4, 0.5) is 0 Å². The van der Waals surface area contributed by atoms with E-state index in [1.54, 1.807) is 0 Å². The highest BCUT2D eigenvalue weighted by molar-refractivity contribution is 4.95. The highest BCUT2D eigenvalue weighted by Gasteiger charge is 2.44. The van der Waals surface area contributed by atoms with Crippen molar-refractivity contribution in [3.8, 4) is 0 Å². The van der Waals surface area contributed by atoms with Crippen molar-refractivity contribution in [1.29, 1.82) is 0 Å². The molecule has 4 unspecified atom stereocenters. The molecule has 2 rings (SSSR count). The van der Waals surface area contributed by atoms with Gasteiger partial charge in [-0.05, 0) is 32.6 Å². The van der Waals surface area contributed by atoms with Crippen molar-refractivity contribution in [1.82, 2.24) is 0 Å². The largest absolute Gasteiger partial charge is 0.390 e. The molecule has 2 heterocycles. The Kier molecular flexibility index (Phi) is 3.85. The van der Waals surface area contributed by atoms with E-state index < -0.39 is 6.10 Å². The summed E-state index contributed by atoms with van der Waals surface area (Å²) in [5, 5.41) is 10.5. The number of ether oxygens (including phenoxy) is 2. The van der Waals surface area contributed by atoms with Gasteiger partial charge in [-0.15, -0.1) is 0 Å². The van der Waals surface area contributed by atoms with Crippen LogP contribution in [0.15, 0.2) is 0 Å². The Morgan fingerprint density at radius 1 is 1.50 bits per heavy atom. The lowest BCUT2D eigenvalue weighted by molar-refractivity contribution is -0.131. The number of nitrogens with two attached hydrogens (primary N) is 1. The van der Waals surface area contributed by atoms with Crippen LogP contribution < -0.4 is 5.73 Å². The van der Waals surface area contributed by atoms with Crippen molar-refractivity contribution in [2.45, 2.75) is 50.9 Å². The quantitative estimate of drug-likeness (QED) is 0.746. The molecule has 2 aliphatic heterocycles. The zero-order valence-corrected chi connectivity index (χ0v) is 10.0. The van der Waals surface area contributed by atoms with Crippen LogP contribution in [0.5, 0.6) is 0 Å². The molecule has 0 amide bonds. The topological polar surface area (TPSA) is 64.7 Å². The standard InChI is InChI=1S/C12H23NO3/c1-9-3-4-10(16-9)11(14)12(7-13)5-2-6-15-8-12/h9-11,14H,2-8,13H2,1H3. The summed E-state index contributed by atoms with van der Waals surface area (Å²) in [6.07, 6.45) is 3.62. The smallest absolute Gasteiger partial charge is 0.0892 e. The predicted molar refractivity (Wildman–Crippen MR) is 61.1 cm³/mol. The molecule has 0 aliphatic carbocycles. The van der Waals surface area contributed by atoms with Crippen LogP contribution in [0, 0.1) is 5.41 Å². The predicted octanol–water partition coefficient (Wildman–Crippen LogP) is 0.670. The van der Waals surface area contributed by atoms with Gasteiger partial charge in [0.05, 0.1) is 24.9 Å². The maximum atomic E-state index is 10.5. The van der Waals surface area contributed by atoms with Gasteiger partial charge >= 0.3 is 0 Å². The number of rotatable bonds is 3. The van der Waals surface area contributed by atoms with Crippen LogP contribution in [-0.2, 0) is 9.47 Å². The summed E-state index contributed by atoms with van der Waals surface area (Å²) in [5.41, 5.74) is 5.56. The van der Waals surface area contributed by atoms with Crippen molar-refractivity contribution >= 4 is 0 Å². The lowest BCUT2D eigenvalue weighted by Crippen LogP contribution is -2.52. The molecule has 0 spiro atoms. The van der Waals surface area contributed by atoms with Gasteiger partial charge in [-0.1, -0.05) is 0 Å². The van der Waals surface area contributed by atoms with Gasteiger partial charge in [0.25, 0.3) is 0 Å². The molecule has 4 nitrogen and oxygen atoms in total. The molecule has 4 heteroatoms. The molecule has 0 saturated carbocycles. The fraction of sp³-hybridized carbons (Fsp3) is 1.00. The Hall–Kier alpha value is -0.160. The van der Waals surface area contributed by atoms with E-state index in [0.717, 1.165) is 32.3 Å². The van der Waals surface area contributed by atoms with Crippen molar-refractivity contribution < 1.29 is 14.6 Å². The van der Waals surface area contributed by atoms with E-state index in [9.17, 15) is 5.11 Å². The Bertz CT molecular complexity index is 228. The van der Waals surface area contributed by atoms with Crippen molar-refractivity contribution in [2.75, 3.05) is 19.8 Å². The molecular formula is C12H23NO3. The van der Waals surface area contributed by atoms with Gasteiger partial charge in [0.1, 0.15) is 0 Å². The van der Waals surface area contributed by atoms with E-state index in [2.05, 4.69) is 6.92 Å². The summed E-state index contributed by atoms with van der Waals surface area (Å²) in [6.45, 7) is 3.89. The van der Waals surface area contributed by atoms with E-state index in [4.69, 9.17) is 15.2 Å². The van der Waals surface area contributed by atoms with Gasteiger partial charge in [0, 0.05) is 18.6 Å². The minimum atomic E-state index is -0.484. The Morgan fingerprint density at radius 3 is 2.81 bits per heavy atom. The normalized spacial score (nSPS) is 42.2. The van der Waals surface area contributed by atoms with E-state index in [0.29, 0.717) is 13.2 Å². The average Bonchev–Trinajstić information content (AvgIpc) is 2.76. The van der Waals surface area contributed by atoms with E-state index in [1.165, 1.54) is 0 Å². The molecular weight excluding hydrogens is 206 g/mol. The number of hydrogen-bond acceptors (Lipinski definition) is 4. The molecule has 2 fully saturated rings. The van der Waals surface area contributed by atoms with Crippen LogP contribution in [0.1, 0.15) is 32.6 Å². The summed E-state index contributed by atoms with van der Waals surface area (Å²) in [7, 11) is 0. The SMILES string of the molecule is CC1CCC(C(O)C2(CN)CCCOC2)O1. The third-order valence-corrected chi connectivity index (χ3v) is 4.00. The first-order chi connectivity index (χ1) is 7.68. The third kappa shape index (κ3) is 2.25. The molecule has 4 atom stereocenters. The fourth-order valence-electron chi connectivity index (χ4n) is 2.85. The summed E-state index contributed by atoms with van der Waals surface area (Å²) in [5.74, 6) is 0. The van der Waals surface area contributed by atoms with Crippen molar-refractivity contribution in [2.24, 2.45) is 11.1 Å². The second-order valence-corrected chi connectivity index (χ2v) is 5.23. The second kappa shape index (κ2) is 5.00. The van der Waals surface area contributed by atoms with Crippen molar-refractivity contribution in [3.63, 3.8) is 0 Å². The second-order valence-electron chi connectivity index (χ2n) is 5.23. The minimum Gasteiger partial charge on any atom is -0.390 e. The van der Waals surface area contributed by atoms with Gasteiger partial charge in [-0.3, -0.25) is 0 Å². The van der Waals surface area contributed by atoms with Crippen molar-refractivity contribution in [3.05, 3.63) is 0 Å². The molecule has 2 aliphatic rings. The molecule has 16 heavy (non-hydrogen) atoms. The summed E-state index contributed by atoms with van der Waals surface area (Å²) < 4.78 is 11.2. The Balaban J connectivity index is 2.02. The Morgan fingerprint density at radius 2 is 2.31 bits per heavy atom. The van der Waals surface area contributed by atoms with Gasteiger partial charge < -0.3 is 20.3 Å². The third-order valence-electron chi connectivity index (χ3n) is 4.00. The summed E-state index contributed by atoms with van der Waals surface area (Å²) in [6, 6.07) is 0. The van der Waals surface area contributed by atoms with Gasteiger partial charge in [-0.25, -0.2) is 0 Å².